The van der Waals surface area contributed by atoms with Gasteiger partial charge in [-0.1, -0.05) is 22.0 Å². The molecule has 1 atom stereocenters. The number of non-ortho nitro benzene ring substituents is 1. The van der Waals surface area contributed by atoms with E-state index in [2.05, 4.69) is 15.9 Å². The highest BCUT2D eigenvalue weighted by molar-refractivity contribution is 9.10. The molecule has 0 aliphatic carbocycles. The molecule has 0 spiro atoms. The molecule has 0 radical (unpaired) electrons. The summed E-state index contributed by atoms with van der Waals surface area (Å²) in [5.74, 6) is -0.473. The molecule has 2 amide bonds. The number of piperazine rings is 1. The molecule has 1 unspecified atom stereocenters. The summed E-state index contributed by atoms with van der Waals surface area (Å²) >= 11 is 3.40. The summed E-state index contributed by atoms with van der Waals surface area (Å²) in [5.41, 5.74) is 1.02. The number of nitro benzene ring substituents is 1. The molecule has 1 fully saturated rings. The minimum Gasteiger partial charge on any atom is -0.325 e. The summed E-state index contributed by atoms with van der Waals surface area (Å²) in [6.07, 6.45) is 0. The molecule has 0 aromatic heterocycles. The molecule has 26 heavy (non-hydrogen) atoms. The highest BCUT2D eigenvalue weighted by atomic mass is 79.9. The SMILES string of the molecule is CC1C(=O)N(c2cccc(Br)c2)CCN1C(=O)c1ccc([N+](=O)[O-])cc1. The fourth-order valence-corrected chi connectivity index (χ4v) is 3.33. The smallest absolute Gasteiger partial charge is 0.269 e. The average Bonchev–Trinajstić information content (AvgIpc) is 2.63. The predicted molar refractivity (Wildman–Crippen MR) is 100 cm³/mol. The highest BCUT2D eigenvalue weighted by Crippen LogP contribution is 2.25. The molecule has 3 rings (SSSR count). The van der Waals surface area contributed by atoms with E-state index in [1.807, 2.05) is 24.3 Å². The number of hydrogen-bond acceptors (Lipinski definition) is 4. The Balaban J connectivity index is 1.78. The van der Waals surface area contributed by atoms with Crippen molar-refractivity contribution < 1.29 is 14.5 Å². The van der Waals surface area contributed by atoms with Crippen molar-refractivity contribution in [2.75, 3.05) is 18.0 Å². The van der Waals surface area contributed by atoms with Gasteiger partial charge in [0.1, 0.15) is 6.04 Å². The van der Waals surface area contributed by atoms with Gasteiger partial charge in [-0.15, -0.1) is 0 Å². The predicted octanol–water partition coefficient (Wildman–Crippen LogP) is 3.23. The minimum atomic E-state index is -0.620. The van der Waals surface area contributed by atoms with Gasteiger partial charge in [-0.25, -0.2) is 0 Å². The Morgan fingerprint density at radius 1 is 1.19 bits per heavy atom. The topological polar surface area (TPSA) is 83.8 Å². The largest absolute Gasteiger partial charge is 0.325 e. The van der Waals surface area contributed by atoms with Crippen molar-refractivity contribution in [3.05, 3.63) is 68.7 Å². The molecule has 2 aromatic carbocycles. The lowest BCUT2D eigenvalue weighted by atomic mass is 10.1. The number of hydrogen-bond donors (Lipinski definition) is 0. The van der Waals surface area contributed by atoms with Crippen molar-refractivity contribution in [2.45, 2.75) is 13.0 Å². The lowest BCUT2D eigenvalue weighted by molar-refractivity contribution is -0.384. The van der Waals surface area contributed by atoms with Crippen molar-refractivity contribution in [1.82, 2.24) is 4.90 Å². The van der Waals surface area contributed by atoms with Crippen LogP contribution in [0.3, 0.4) is 0 Å². The number of halogens is 1. The van der Waals surface area contributed by atoms with Crippen molar-refractivity contribution in [1.29, 1.82) is 0 Å². The molecule has 1 heterocycles. The molecule has 0 N–H and O–H groups in total. The molecule has 0 bridgehead atoms. The summed E-state index contributed by atoms with van der Waals surface area (Å²) < 4.78 is 0.875. The Morgan fingerprint density at radius 2 is 1.88 bits per heavy atom. The lowest BCUT2D eigenvalue weighted by Gasteiger charge is -2.39. The van der Waals surface area contributed by atoms with Gasteiger partial charge in [0.15, 0.2) is 0 Å². The van der Waals surface area contributed by atoms with Crippen LogP contribution >= 0.6 is 15.9 Å². The second-order valence-electron chi connectivity index (χ2n) is 5.95. The number of benzene rings is 2. The summed E-state index contributed by atoms with van der Waals surface area (Å²) in [6, 6.07) is 12.2. The average molecular weight is 418 g/mol. The molecule has 1 aliphatic heterocycles. The monoisotopic (exact) mass is 417 g/mol. The molecule has 2 aromatic rings. The molecule has 0 saturated carbocycles. The Labute approximate surface area is 158 Å². The van der Waals surface area contributed by atoms with Gasteiger partial charge >= 0.3 is 0 Å². The van der Waals surface area contributed by atoms with Crippen LogP contribution in [0.4, 0.5) is 11.4 Å². The van der Waals surface area contributed by atoms with Gasteiger partial charge in [0.05, 0.1) is 4.92 Å². The molecule has 134 valence electrons. The number of carbonyl (C=O) groups excluding carboxylic acids is 2. The third-order valence-electron chi connectivity index (χ3n) is 4.36. The number of carbonyl (C=O) groups is 2. The van der Waals surface area contributed by atoms with E-state index in [1.165, 1.54) is 29.2 Å². The standard InChI is InChI=1S/C18H16BrN3O4/c1-12-17(23)21(16-4-2-3-14(19)11-16)10-9-20(12)18(24)13-5-7-15(8-6-13)22(25)26/h2-8,11-12H,9-10H2,1H3. The van der Waals surface area contributed by atoms with Gasteiger partial charge in [-0.05, 0) is 37.3 Å². The Kier molecular flexibility index (Phi) is 5.03. The van der Waals surface area contributed by atoms with E-state index in [0.29, 0.717) is 18.7 Å². The van der Waals surface area contributed by atoms with Crippen LogP contribution < -0.4 is 4.90 Å². The zero-order chi connectivity index (χ0) is 18.8. The van der Waals surface area contributed by atoms with Gasteiger partial charge in [0, 0.05) is 40.9 Å². The number of anilines is 1. The van der Waals surface area contributed by atoms with Crippen molar-refractivity contribution in [3.8, 4) is 0 Å². The third kappa shape index (κ3) is 3.45. The van der Waals surface area contributed by atoms with Crippen LogP contribution in [0.25, 0.3) is 0 Å². The fourth-order valence-electron chi connectivity index (χ4n) is 2.94. The van der Waals surface area contributed by atoms with Crippen molar-refractivity contribution >= 4 is 39.1 Å². The first kappa shape index (κ1) is 18.1. The van der Waals surface area contributed by atoms with Crippen LogP contribution in [0.1, 0.15) is 17.3 Å². The molecule has 1 aliphatic rings. The van der Waals surface area contributed by atoms with Gasteiger partial charge in [-0.2, -0.15) is 0 Å². The van der Waals surface area contributed by atoms with Crippen LogP contribution in [-0.4, -0.2) is 40.8 Å². The van der Waals surface area contributed by atoms with Crippen molar-refractivity contribution in [2.24, 2.45) is 0 Å². The molecule has 1 saturated heterocycles. The number of rotatable bonds is 3. The summed E-state index contributed by atoms with van der Waals surface area (Å²) in [7, 11) is 0. The van der Waals surface area contributed by atoms with Crippen LogP contribution in [0.15, 0.2) is 53.0 Å². The first-order valence-electron chi connectivity index (χ1n) is 8.01. The normalized spacial score (nSPS) is 17.3. The molecular formula is C18H16BrN3O4. The summed E-state index contributed by atoms with van der Waals surface area (Å²) in [5, 5.41) is 10.7. The maximum Gasteiger partial charge on any atom is 0.269 e. The van der Waals surface area contributed by atoms with Crippen LogP contribution in [0.2, 0.25) is 0 Å². The molecular weight excluding hydrogens is 402 g/mol. The van der Waals surface area contributed by atoms with E-state index in [9.17, 15) is 19.7 Å². The second-order valence-corrected chi connectivity index (χ2v) is 6.86. The first-order chi connectivity index (χ1) is 12.4. The van der Waals surface area contributed by atoms with Crippen LogP contribution in [0.5, 0.6) is 0 Å². The Bertz CT molecular complexity index is 869. The first-order valence-corrected chi connectivity index (χ1v) is 8.80. The molecule has 7 nitrogen and oxygen atoms in total. The maximum atomic E-state index is 12.8. The second kappa shape index (κ2) is 7.25. The quantitative estimate of drug-likeness (QED) is 0.566. The Hall–Kier alpha value is -2.74. The molecule has 8 heteroatoms. The van der Waals surface area contributed by atoms with Gasteiger partial charge < -0.3 is 9.80 Å². The van der Waals surface area contributed by atoms with Crippen molar-refractivity contribution in [3.63, 3.8) is 0 Å². The maximum absolute atomic E-state index is 12.8. The van der Waals surface area contributed by atoms with Crippen LogP contribution in [-0.2, 0) is 4.79 Å². The number of nitro groups is 1. The van der Waals surface area contributed by atoms with Crippen LogP contribution in [0, 0.1) is 10.1 Å². The van der Waals surface area contributed by atoms with E-state index < -0.39 is 11.0 Å². The van der Waals surface area contributed by atoms with Gasteiger partial charge in [0.2, 0.25) is 5.91 Å². The summed E-state index contributed by atoms with van der Waals surface area (Å²) in [4.78, 5) is 38.8. The Morgan fingerprint density at radius 3 is 2.50 bits per heavy atom. The minimum absolute atomic E-state index is 0.0786. The van der Waals surface area contributed by atoms with E-state index in [0.717, 1.165) is 10.2 Å². The highest BCUT2D eigenvalue weighted by Gasteiger charge is 2.35. The van der Waals surface area contributed by atoms with Gasteiger partial charge in [0.25, 0.3) is 11.6 Å². The zero-order valence-electron chi connectivity index (χ0n) is 14.0. The summed E-state index contributed by atoms with van der Waals surface area (Å²) in [6.45, 7) is 2.46. The van der Waals surface area contributed by atoms with E-state index in [4.69, 9.17) is 0 Å². The van der Waals surface area contributed by atoms with E-state index in [1.54, 1.807) is 11.8 Å². The van der Waals surface area contributed by atoms with Gasteiger partial charge in [-0.3, -0.25) is 19.7 Å². The number of nitrogens with zero attached hydrogens (tertiary/aromatic N) is 3. The van der Waals surface area contributed by atoms with E-state index in [-0.39, 0.29) is 17.5 Å². The number of amides is 2. The lowest BCUT2D eigenvalue weighted by Crippen LogP contribution is -2.57. The third-order valence-corrected chi connectivity index (χ3v) is 4.85. The fraction of sp³-hybridized carbons (Fsp3) is 0.222. The zero-order valence-corrected chi connectivity index (χ0v) is 15.5. The van der Waals surface area contributed by atoms with E-state index >= 15 is 0 Å².